The van der Waals surface area contributed by atoms with E-state index >= 15 is 0 Å². The number of benzene rings is 1. The van der Waals surface area contributed by atoms with Gasteiger partial charge in [0.15, 0.2) is 0 Å². The summed E-state index contributed by atoms with van der Waals surface area (Å²) in [6.07, 6.45) is 0.641. The molecule has 1 aromatic carbocycles. The standard InChI is InChI=1S/C12H14N4OS/c1-13-10(7-9-5-3-2-4-6-9)11(17)15-12-16-14-8-18-12/h2-6,8,10,13H,7H2,1H3,(H,15,16,17)/t10-/m0/s1. The van der Waals surface area contributed by atoms with Gasteiger partial charge in [-0.1, -0.05) is 41.7 Å². The highest BCUT2D eigenvalue weighted by molar-refractivity contribution is 7.13. The van der Waals surface area contributed by atoms with Gasteiger partial charge in [-0.05, 0) is 19.0 Å². The first-order valence-corrected chi connectivity index (χ1v) is 6.46. The van der Waals surface area contributed by atoms with Crippen molar-refractivity contribution in [1.82, 2.24) is 15.5 Å². The molecule has 0 spiro atoms. The molecule has 18 heavy (non-hydrogen) atoms. The molecular weight excluding hydrogens is 248 g/mol. The maximum Gasteiger partial charge on any atom is 0.243 e. The smallest absolute Gasteiger partial charge is 0.243 e. The van der Waals surface area contributed by atoms with Crippen molar-refractivity contribution in [3.05, 3.63) is 41.4 Å². The average Bonchev–Trinajstić information content (AvgIpc) is 2.90. The Morgan fingerprint density at radius 2 is 2.17 bits per heavy atom. The van der Waals surface area contributed by atoms with Crippen LogP contribution in [0.5, 0.6) is 0 Å². The van der Waals surface area contributed by atoms with Crippen LogP contribution in [-0.2, 0) is 11.2 Å². The Kier molecular flexibility index (Phi) is 4.38. The van der Waals surface area contributed by atoms with E-state index in [1.165, 1.54) is 11.3 Å². The van der Waals surface area contributed by atoms with Crippen LogP contribution in [0.15, 0.2) is 35.8 Å². The van der Waals surface area contributed by atoms with Crippen molar-refractivity contribution < 1.29 is 4.79 Å². The van der Waals surface area contributed by atoms with E-state index in [9.17, 15) is 4.79 Å². The summed E-state index contributed by atoms with van der Waals surface area (Å²) in [6.45, 7) is 0. The molecule has 2 rings (SSSR count). The summed E-state index contributed by atoms with van der Waals surface area (Å²) in [7, 11) is 1.77. The van der Waals surface area contributed by atoms with Crippen LogP contribution in [0, 0.1) is 0 Å². The third-order valence-corrected chi connectivity index (χ3v) is 3.14. The second-order valence-electron chi connectivity index (χ2n) is 3.76. The fourth-order valence-electron chi connectivity index (χ4n) is 1.60. The Morgan fingerprint density at radius 1 is 1.39 bits per heavy atom. The Bertz CT molecular complexity index is 486. The molecule has 1 atom stereocenters. The minimum atomic E-state index is -0.281. The highest BCUT2D eigenvalue weighted by Crippen LogP contribution is 2.10. The van der Waals surface area contributed by atoms with Gasteiger partial charge in [0.05, 0.1) is 6.04 Å². The number of nitrogens with one attached hydrogen (secondary N) is 2. The van der Waals surface area contributed by atoms with Gasteiger partial charge in [0.2, 0.25) is 11.0 Å². The molecule has 0 aliphatic heterocycles. The van der Waals surface area contributed by atoms with E-state index in [2.05, 4.69) is 20.8 Å². The Morgan fingerprint density at radius 3 is 2.78 bits per heavy atom. The number of carbonyl (C=O) groups excluding carboxylic acids is 1. The molecule has 0 unspecified atom stereocenters. The molecule has 0 radical (unpaired) electrons. The third kappa shape index (κ3) is 3.35. The quantitative estimate of drug-likeness (QED) is 0.852. The Labute approximate surface area is 109 Å². The van der Waals surface area contributed by atoms with Gasteiger partial charge in [0.25, 0.3) is 0 Å². The van der Waals surface area contributed by atoms with Gasteiger partial charge in [-0.3, -0.25) is 10.1 Å². The summed E-state index contributed by atoms with van der Waals surface area (Å²) < 4.78 is 0. The minimum Gasteiger partial charge on any atom is -0.309 e. The van der Waals surface area contributed by atoms with Crippen molar-refractivity contribution in [3.8, 4) is 0 Å². The number of carbonyl (C=O) groups is 1. The van der Waals surface area contributed by atoms with Crippen LogP contribution < -0.4 is 10.6 Å². The van der Waals surface area contributed by atoms with Crippen molar-refractivity contribution in [2.45, 2.75) is 12.5 Å². The van der Waals surface area contributed by atoms with Crippen LogP contribution >= 0.6 is 11.3 Å². The van der Waals surface area contributed by atoms with Gasteiger partial charge in [-0.2, -0.15) is 0 Å². The van der Waals surface area contributed by atoms with Gasteiger partial charge < -0.3 is 5.32 Å². The summed E-state index contributed by atoms with van der Waals surface area (Å²) in [5, 5.41) is 13.7. The normalized spacial score (nSPS) is 12.1. The summed E-state index contributed by atoms with van der Waals surface area (Å²) >= 11 is 1.30. The van der Waals surface area contributed by atoms with Crippen molar-refractivity contribution >= 4 is 22.4 Å². The Balaban J connectivity index is 1.98. The maximum atomic E-state index is 12.0. The lowest BCUT2D eigenvalue weighted by Crippen LogP contribution is -2.40. The van der Waals surface area contributed by atoms with E-state index in [1.807, 2.05) is 30.3 Å². The zero-order chi connectivity index (χ0) is 12.8. The number of aromatic nitrogens is 2. The molecule has 0 bridgehead atoms. The minimum absolute atomic E-state index is 0.0990. The number of anilines is 1. The highest BCUT2D eigenvalue weighted by atomic mass is 32.1. The highest BCUT2D eigenvalue weighted by Gasteiger charge is 2.17. The monoisotopic (exact) mass is 262 g/mol. The molecule has 1 heterocycles. The van der Waals surface area contributed by atoms with Crippen LogP contribution in [0.3, 0.4) is 0 Å². The van der Waals surface area contributed by atoms with Crippen molar-refractivity contribution in [2.75, 3.05) is 12.4 Å². The van der Waals surface area contributed by atoms with E-state index in [-0.39, 0.29) is 11.9 Å². The van der Waals surface area contributed by atoms with Crippen LogP contribution in [0.1, 0.15) is 5.56 Å². The largest absolute Gasteiger partial charge is 0.309 e. The first-order chi connectivity index (χ1) is 8.79. The molecule has 6 heteroatoms. The number of amides is 1. The van der Waals surface area contributed by atoms with Gasteiger partial charge in [0.1, 0.15) is 5.51 Å². The number of likely N-dealkylation sites (N-methyl/N-ethyl adjacent to an activating group) is 1. The SMILES string of the molecule is CN[C@@H](Cc1ccccc1)C(=O)Nc1nncs1. The Hall–Kier alpha value is -1.79. The van der Waals surface area contributed by atoms with Gasteiger partial charge >= 0.3 is 0 Å². The summed E-state index contributed by atoms with van der Waals surface area (Å²) in [5.74, 6) is -0.0990. The lowest BCUT2D eigenvalue weighted by Gasteiger charge is -2.14. The molecule has 94 valence electrons. The van der Waals surface area contributed by atoms with Crippen LogP contribution in [-0.4, -0.2) is 29.2 Å². The van der Waals surface area contributed by atoms with Gasteiger partial charge in [-0.25, -0.2) is 0 Å². The predicted octanol–water partition coefficient (Wildman–Crippen LogP) is 1.31. The fraction of sp³-hybridized carbons (Fsp3) is 0.250. The number of nitrogens with zero attached hydrogens (tertiary/aromatic N) is 2. The second kappa shape index (κ2) is 6.23. The predicted molar refractivity (Wildman–Crippen MR) is 71.5 cm³/mol. The van der Waals surface area contributed by atoms with Crippen molar-refractivity contribution in [3.63, 3.8) is 0 Å². The van der Waals surface area contributed by atoms with Crippen LogP contribution in [0.4, 0.5) is 5.13 Å². The average molecular weight is 262 g/mol. The topological polar surface area (TPSA) is 66.9 Å². The van der Waals surface area contributed by atoms with E-state index in [0.29, 0.717) is 11.6 Å². The summed E-state index contributed by atoms with van der Waals surface area (Å²) in [5.41, 5.74) is 2.70. The van der Waals surface area contributed by atoms with Gasteiger partial charge in [-0.15, -0.1) is 10.2 Å². The van der Waals surface area contributed by atoms with Crippen LogP contribution in [0.25, 0.3) is 0 Å². The molecule has 0 aliphatic rings. The maximum absolute atomic E-state index is 12.0. The second-order valence-corrected chi connectivity index (χ2v) is 4.60. The van der Waals surface area contributed by atoms with E-state index in [1.54, 1.807) is 12.6 Å². The molecule has 0 fully saturated rings. The zero-order valence-corrected chi connectivity index (χ0v) is 10.8. The summed E-state index contributed by atoms with van der Waals surface area (Å²) in [6, 6.07) is 9.61. The summed E-state index contributed by atoms with van der Waals surface area (Å²) in [4.78, 5) is 12.0. The molecule has 2 N–H and O–H groups in total. The van der Waals surface area contributed by atoms with Crippen molar-refractivity contribution in [1.29, 1.82) is 0 Å². The lowest BCUT2D eigenvalue weighted by atomic mass is 10.1. The molecule has 0 saturated carbocycles. The molecule has 1 amide bonds. The molecule has 0 saturated heterocycles. The van der Waals surface area contributed by atoms with E-state index in [4.69, 9.17) is 0 Å². The first-order valence-electron chi connectivity index (χ1n) is 5.58. The fourth-order valence-corrected chi connectivity index (χ4v) is 2.04. The zero-order valence-electron chi connectivity index (χ0n) is 9.96. The van der Waals surface area contributed by atoms with Gasteiger partial charge in [0, 0.05) is 0 Å². The van der Waals surface area contributed by atoms with Crippen molar-refractivity contribution in [2.24, 2.45) is 0 Å². The number of rotatable bonds is 5. The number of hydrogen-bond acceptors (Lipinski definition) is 5. The molecule has 5 nitrogen and oxygen atoms in total. The van der Waals surface area contributed by atoms with E-state index in [0.717, 1.165) is 5.56 Å². The molecule has 0 aliphatic carbocycles. The third-order valence-electron chi connectivity index (χ3n) is 2.54. The molecule has 1 aromatic heterocycles. The molecule has 2 aromatic rings. The first kappa shape index (κ1) is 12.7. The lowest BCUT2D eigenvalue weighted by molar-refractivity contribution is -0.118. The molecular formula is C12H14N4OS. The number of hydrogen-bond donors (Lipinski definition) is 2. The van der Waals surface area contributed by atoms with Crippen LogP contribution in [0.2, 0.25) is 0 Å². The van der Waals surface area contributed by atoms with E-state index < -0.39 is 0 Å².